The normalized spacial score (nSPS) is 11.1. The van der Waals surface area contributed by atoms with Crippen LogP contribution in [0.2, 0.25) is 10.0 Å². The molecule has 0 aliphatic carbocycles. The maximum Gasteiger partial charge on any atom is 0.271 e. The van der Waals surface area contributed by atoms with Gasteiger partial charge in [0.2, 0.25) is 0 Å². The molecular formula is C27H21BrCl2N2O3. The molecular weight excluding hydrogens is 551 g/mol. The van der Waals surface area contributed by atoms with Gasteiger partial charge in [0.25, 0.3) is 5.91 Å². The van der Waals surface area contributed by atoms with Crippen molar-refractivity contribution in [3.63, 3.8) is 0 Å². The average Bonchev–Trinajstić information content (AvgIpc) is 2.85. The summed E-state index contributed by atoms with van der Waals surface area (Å²) in [7, 11) is 0. The van der Waals surface area contributed by atoms with Crippen LogP contribution >= 0.6 is 39.1 Å². The molecule has 0 heterocycles. The minimum absolute atomic E-state index is 0.248. The third-order valence-corrected chi connectivity index (χ3v) is 6.42. The van der Waals surface area contributed by atoms with E-state index in [9.17, 15) is 4.79 Å². The van der Waals surface area contributed by atoms with Crippen molar-refractivity contribution in [3.8, 4) is 11.5 Å². The van der Waals surface area contributed by atoms with Gasteiger partial charge in [0.15, 0.2) is 11.5 Å². The molecule has 0 aliphatic heterocycles. The van der Waals surface area contributed by atoms with Crippen molar-refractivity contribution in [3.05, 3.63) is 104 Å². The van der Waals surface area contributed by atoms with E-state index in [0.29, 0.717) is 39.3 Å². The molecule has 4 rings (SSSR count). The zero-order valence-corrected chi connectivity index (χ0v) is 21.8. The smallest absolute Gasteiger partial charge is 0.271 e. The molecule has 0 radical (unpaired) electrons. The first-order valence-corrected chi connectivity index (χ1v) is 12.3. The molecule has 1 N–H and O–H groups in total. The van der Waals surface area contributed by atoms with Crippen LogP contribution in [0.4, 0.5) is 0 Å². The van der Waals surface area contributed by atoms with Gasteiger partial charge in [-0.3, -0.25) is 4.79 Å². The van der Waals surface area contributed by atoms with E-state index >= 15 is 0 Å². The van der Waals surface area contributed by atoms with Crippen LogP contribution in [0.5, 0.6) is 11.5 Å². The van der Waals surface area contributed by atoms with Gasteiger partial charge < -0.3 is 9.47 Å². The predicted octanol–water partition coefficient (Wildman–Crippen LogP) is 7.65. The van der Waals surface area contributed by atoms with Crippen LogP contribution in [0.3, 0.4) is 0 Å². The monoisotopic (exact) mass is 570 g/mol. The van der Waals surface area contributed by atoms with Gasteiger partial charge in [0.1, 0.15) is 6.61 Å². The summed E-state index contributed by atoms with van der Waals surface area (Å²) in [6.07, 6.45) is 1.55. The summed E-state index contributed by atoms with van der Waals surface area (Å²) in [4.78, 5) is 12.6. The Morgan fingerprint density at radius 3 is 2.51 bits per heavy atom. The standard InChI is InChI=1S/C27H21BrCl2N2O3/c1-2-34-25-12-21(23(28)14-26(25)35-16-20-9-10-22(29)13-24(20)30)15-31-32-27(33)19-8-7-17-5-3-4-6-18(17)11-19/h3-15H,2,16H2,1H3,(H,32,33)/b31-15-. The lowest BCUT2D eigenvalue weighted by Gasteiger charge is -2.14. The number of halogens is 3. The number of benzene rings is 4. The quantitative estimate of drug-likeness (QED) is 0.174. The Morgan fingerprint density at radius 1 is 0.971 bits per heavy atom. The van der Waals surface area contributed by atoms with E-state index in [0.717, 1.165) is 20.8 Å². The number of carbonyl (C=O) groups is 1. The minimum atomic E-state index is -0.298. The number of fused-ring (bicyclic) bond motifs is 1. The number of hydrogen-bond donors (Lipinski definition) is 1. The van der Waals surface area contributed by atoms with Crippen molar-refractivity contribution in [1.82, 2.24) is 5.43 Å². The van der Waals surface area contributed by atoms with Crippen molar-refractivity contribution in [2.45, 2.75) is 13.5 Å². The van der Waals surface area contributed by atoms with Crippen molar-refractivity contribution in [1.29, 1.82) is 0 Å². The van der Waals surface area contributed by atoms with E-state index in [1.807, 2.05) is 49.4 Å². The molecule has 0 saturated heterocycles. The highest BCUT2D eigenvalue weighted by molar-refractivity contribution is 9.10. The maximum absolute atomic E-state index is 12.6. The number of rotatable bonds is 8. The van der Waals surface area contributed by atoms with E-state index < -0.39 is 0 Å². The highest BCUT2D eigenvalue weighted by atomic mass is 79.9. The Balaban J connectivity index is 1.47. The van der Waals surface area contributed by atoms with E-state index in [4.69, 9.17) is 32.7 Å². The SMILES string of the molecule is CCOc1cc(/C=N\NC(=O)c2ccc3ccccc3c2)c(Br)cc1OCc1ccc(Cl)cc1Cl. The predicted molar refractivity (Wildman–Crippen MR) is 145 cm³/mol. The zero-order valence-electron chi connectivity index (χ0n) is 18.7. The van der Waals surface area contributed by atoms with E-state index in [1.54, 1.807) is 36.5 Å². The summed E-state index contributed by atoms with van der Waals surface area (Å²) in [5.41, 5.74) is 4.62. The Morgan fingerprint density at radius 2 is 1.74 bits per heavy atom. The second-order valence-electron chi connectivity index (χ2n) is 7.54. The summed E-state index contributed by atoms with van der Waals surface area (Å²) in [5.74, 6) is 0.790. The van der Waals surface area contributed by atoms with Gasteiger partial charge in [-0.05, 0) is 70.0 Å². The van der Waals surface area contributed by atoms with Gasteiger partial charge in [-0.15, -0.1) is 0 Å². The van der Waals surface area contributed by atoms with Gasteiger partial charge in [-0.2, -0.15) is 5.10 Å². The molecule has 178 valence electrons. The van der Waals surface area contributed by atoms with E-state index in [2.05, 4.69) is 26.5 Å². The molecule has 1 amide bonds. The van der Waals surface area contributed by atoms with Crippen LogP contribution < -0.4 is 14.9 Å². The number of nitrogens with zero attached hydrogens (tertiary/aromatic N) is 1. The number of ether oxygens (including phenoxy) is 2. The van der Waals surface area contributed by atoms with Crippen molar-refractivity contribution in [2.24, 2.45) is 5.10 Å². The van der Waals surface area contributed by atoms with Crippen LogP contribution in [0, 0.1) is 0 Å². The lowest BCUT2D eigenvalue weighted by Crippen LogP contribution is -2.17. The molecule has 0 fully saturated rings. The number of hydrogen-bond acceptors (Lipinski definition) is 4. The topological polar surface area (TPSA) is 59.9 Å². The first-order valence-electron chi connectivity index (χ1n) is 10.8. The molecule has 4 aromatic rings. The number of carbonyl (C=O) groups excluding carboxylic acids is 1. The Hall–Kier alpha value is -3.06. The number of amides is 1. The van der Waals surface area contributed by atoms with Gasteiger partial charge in [0, 0.05) is 31.2 Å². The molecule has 35 heavy (non-hydrogen) atoms. The largest absolute Gasteiger partial charge is 0.490 e. The van der Waals surface area contributed by atoms with Crippen LogP contribution in [-0.2, 0) is 6.61 Å². The van der Waals surface area contributed by atoms with Crippen molar-refractivity contribution < 1.29 is 14.3 Å². The fraction of sp³-hybridized carbons (Fsp3) is 0.111. The summed E-state index contributed by atoms with van der Waals surface area (Å²) in [6, 6.07) is 22.2. The Labute approximate surface area is 221 Å². The van der Waals surface area contributed by atoms with Crippen LogP contribution in [-0.4, -0.2) is 18.7 Å². The molecule has 0 saturated carbocycles. The summed E-state index contributed by atoms with van der Waals surface area (Å²) in [5, 5.41) is 7.27. The molecule has 0 spiro atoms. The average molecular weight is 572 g/mol. The molecule has 0 aromatic heterocycles. The molecule has 0 atom stereocenters. The van der Waals surface area contributed by atoms with E-state index in [1.165, 1.54) is 0 Å². The van der Waals surface area contributed by atoms with Crippen LogP contribution in [0.25, 0.3) is 10.8 Å². The Bertz CT molecular complexity index is 1410. The lowest BCUT2D eigenvalue weighted by atomic mass is 10.1. The third kappa shape index (κ3) is 6.34. The molecule has 0 unspecified atom stereocenters. The molecule has 5 nitrogen and oxygen atoms in total. The molecule has 4 aromatic carbocycles. The van der Waals surface area contributed by atoms with Gasteiger partial charge in [0.05, 0.1) is 12.8 Å². The van der Waals surface area contributed by atoms with Gasteiger partial charge in [-0.1, -0.05) is 59.6 Å². The maximum atomic E-state index is 12.6. The third-order valence-electron chi connectivity index (χ3n) is 5.14. The lowest BCUT2D eigenvalue weighted by molar-refractivity contribution is 0.0955. The molecule has 0 aliphatic rings. The highest BCUT2D eigenvalue weighted by Crippen LogP contribution is 2.34. The second-order valence-corrected chi connectivity index (χ2v) is 9.24. The van der Waals surface area contributed by atoms with Crippen molar-refractivity contribution >= 4 is 62.0 Å². The fourth-order valence-electron chi connectivity index (χ4n) is 3.38. The Kier molecular flexibility index (Phi) is 8.29. The molecule has 8 heteroatoms. The summed E-state index contributed by atoms with van der Waals surface area (Å²) in [6.45, 7) is 2.59. The first-order chi connectivity index (χ1) is 16.9. The molecule has 0 bridgehead atoms. The summed E-state index contributed by atoms with van der Waals surface area (Å²) >= 11 is 15.8. The first kappa shape index (κ1) is 25.0. The second kappa shape index (κ2) is 11.6. The minimum Gasteiger partial charge on any atom is -0.490 e. The number of nitrogens with one attached hydrogen (secondary N) is 1. The summed E-state index contributed by atoms with van der Waals surface area (Å²) < 4.78 is 12.5. The highest BCUT2D eigenvalue weighted by Gasteiger charge is 2.12. The van der Waals surface area contributed by atoms with Gasteiger partial charge in [-0.25, -0.2) is 5.43 Å². The van der Waals surface area contributed by atoms with Crippen LogP contribution in [0.1, 0.15) is 28.4 Å². The van der Waals surface area contributed by atoms with Gasteiger partial charge >= 0.3 is 0 Å². The fourth-order valence-corrected chi connectivity index (χ4v) is 4.27. The zero-order chi connectivity index (χ0) is 24.8. The number of hydrazone groups is 1. The van der Waals surface area contributed by atoms with E-state index in [-0.39, 0.29) is 12.5 Å². The van der Waals surface area contributed by atoms with Crippen LogP contribution in [0.15, 0.2) is 82.4 Å². The van der Waals surface area contributed by atoms with Crippen molar-refractivity contribution in [2.75, 3.05) is 6.61 Å².